The van der Waals surface area contributed by atoms with Gasteiger partial charge in [0.15, 0.2) is 8.32 Å². The zero-order valence-corrected chi connectivity index (χ0v) is 23.3. The number of nitrogens with one attached hydrogen (secondary N) is 1. The molecule has 3 aromatic rings. The van der Waals surface area contributed by atoms with Gasteiger partial charge in [-0.25, -0.2) is 4.79 Å². The predicted molar refractivity (Wildman–Crippen MR) is 151 cm³/mol. The summed E-state index contributed by atoms with van der Waals surface area (Å²) in [6.07, 6.45) is 8.11. The maximum Gasteiger partial charge on any atom is 0.328 e. The fraction of sp³-hybridized carbons (Fsp3) is 0.433. The highest BCUT2D eigenvalue weighted by atomic mass is 28.4. The lowest BCUT2D eigenvalue weighted by Crippen LogP contribution is -2.43. The molecule has 6 heteroatoms. The summed E-state index contributed by atoms with van der Waals surface area (Å²) < 4.78 is 6.58. The number of aromatic amines is 1. The van der Waals surface area contributed by atoms with E-state index in [4.69, 9.17) is 9.53 Å². The van der Waals surface area contributed by atoms with Gasteiger partial charge >= 0.3 is 5.97 Å². The van der Waals surface area contributed by atoms with Crippen molar-refractivity contribution in [2.75, 3.05) is 19.7 Å². The summed E-state index contributed by atoms with van der Waals surface area (Å²) in [4.78, 5) is 16.9. The van der Waals surface area contributed by atoms with Crippen LogP contribution in [0.1, 0.15) is 55.5 Å². The zero-order valence-electron chi connectivity index (χ0n) is 22.3. The molecule has 2 aromatic carbocycles. The fourth-order valence-electron chi connectivity index (χ4n) is 4.93. The third-order valence-electron chi connectivity index (χ3n) is 8.06. The molecule has 192 valence electrons. The Bertz CT molecular complexity index is 1240. The van der Waals surface area contributed by atoms with Crippen LogP contribution in [-0.2, 0) is 22.1 Å². The van der Waals surface area contributed by atoms with E-state index in [-0.39, 0.29) is 5.04 Å². The smallest absolute Gasteiger partial charge is 0.328 e. The number of aromatic nitrogens is 1. The Kier molecular flexibility index (Phi) is 7.88. The van der Waals surface area contributed by atoms with Crippen LogP contribution in [0.5, 0.6) is 0 Å². The van der Waals surface area contributed by atoms with E-state index >= 15 is 0 Å². The second-order valence-electron chi connectivity index (χ2n) is 11.4. The molecule has 0 amide bonds. The van der Waals surface area contributed by atoms with E-state index in [0.29, 0.717) is 6.04 Å². The van der Waals surface area contributed by atoms with Gasteiger partial charge in [-0.05, 0) is 71.8 Å². The van der Waals surface area contributed by atoms with Gasteiger partial charge in [-0.3, -0.25) is 4.90 Å². The Morgan fingerprint density at radius 1 is 1.19 bits per heavy atom. The summed E-state index contributed by atoms with van der Waals surface area (Å²) in [6.45, 7) is 14.1. The van der Waals surface area contributed by atoms with Crippen LogP contribution in [0.25, 0.3) is 17.0 Å². The second kappa shape index (κ2) is 10.7. The highest BCUT2D eigenvalue weighted by Gasteiger charge is 2.37. The number of aliphatic carboxylic acids is 1. The molecule has 0 aliphatic heterocycles. The molecule has 36 heavy (non-hydrogen) atoms. The van der Waals surface area contributed by atoms with Crippen molar-refractivity contribution in [1.82, 2.24) is 9.88 Å². The Hall–Kier alpha value is -2.67. The topological polar surface area (TPSA) is 65.6 Å². The molecule has 4 rings (SSSR count). The number of hydrogen-bond acceptors (Lipinski definition) is 3. The molecular weight excluding hydrogens is 464 g/mol. The van der Waals surface area contributed by atoms with Crippen LogP contribution in [0, 0.1) is 0 Å². The predicted octanol–water partition coefficient (Wildman–Crippen LogP) is 6.82. The quantitative estimate of drug-likeness (QED) is 0.235. The number of carboxylic acids is 1. The van der Waals surface area contributed by atoms with Crippen molar-refractivity contribution in [2.24, 2.45) is 0 Å². The van der Waals surface area contributed by atoms with E-state index in [0.717, 1.165) is 44.5 Å². The third kappa shape index (κ3) is 5.99. The van der Waals surface area contributed by atoms with Gasteiger partial charge in [0, 0.05) is 48.9 Å². The molecule has 1 unspecified atom stereocenters. The zero-order chi connectivity index (χ0) is 25.9. The maximum atomic E-state index is 10.9. The van der Waals surface area contributed by atoms with Gasteiger partial charge in [0.25, 0.3) is 0 Å². The van der Waals surface area contributed by atoms with Gasteiger partial charge in [0.2, 0.25) is 0 Å². The van der Waals surface area contributed by atoms with Crippen molar-refractivity contribution < 1.29 is 14.3 Å². The van der Waals surface area contributed by atoms with Crippen molar-refractivity contribution in [3.63, 3.8) is 0 Å². The molecule has 1 aliphatic rings. The molecule has 1 atom stereocenters. The summed E-state index contributed by atoms with van der Waals surface area (Å²) in [5.74, 6) is -0.918. The minimum Gasteiger partial charge on any atom is -0.478 e. The van der Waals surface area contributed by atoms with Crippen LogP contribution < -0.4 is 0 Å². The van der Waals surface area contributed by atoms with Gasteiger partial charge in [-0.15, -0.1) is 0 Å². The van der Waals surface area contributed by atoms with Crippen molar-refractivity contribution in [1.29, 1.82) is 0 Å². The molecule has 1 aliphatic carbocycles. The van der Waals surface area contributed by atoms with Crippen molar-refractivity contribution in [2.45, 2.75) is 64.2 Å². The standard InChI is InChI=1S/C30H40N2O3Si/c1-30(2,3)36(4,5)35-19-18-32(17-16-24-21-31-27-9-7-6-8-25(24)27)28-14-12-23-20-22(10-13-26(23)28)11-15-29(33)34/h6-11,13,15,20-21,28,31H,12,14,16-19H2,1-5H3,(H,33,34)/b15-11+. The third-order valence-corrected chi connectivity index (χ3v) is 12.6. The van der Waals surface area contributed by atoms with E-state index in [1.807, 2.05) is 6.07 Å². The van der Waals surface area contributed by atoms with Gasteiger partial charge < -0.3 is 14.5 Å². The highest BCUT2D eigenvalue weighted by Crippen LogP contribution is 2.38. The molecule has 1 aromatic heterocycles. The first-order valence-electron chi connectivity index (χ1n) is 13.0. The average Bonchev–Trinajstić information content (AvgIpc) is 3.43. The first kappa shape index (κ1) is 26.4. The lowest BCUT2D eigenvalue weighted by molar-refractivity contribution is -0.131. The minimum absolute atomic E-state index is 0.196. The summed E-state index contributed by atoms with van der Waals surface area (Å²) >= 11 is 0. The summed E-state index contributed by atoms with van der Waals surface area (Å²) in [5, 5.41) is 10.5. The first-order chi connectivity index (χ1) is 17.0. The van der Waals surface area contributed by atoms with Crippen LogP contribution in [-0.4, -0.2) is 49.0 Å². The summed E-state index contributed by atoms with van der Waals surface area (Å²) in [7, 11) is -1.81. The number of rotatable bonds is 10. The number of nitrogens with zero attached hydrogens (tertiary/aromatic N) is 1. The summed E-state index contributed by atoms with van der Waals surface area (Å²) in [5.41, 5.74) is 6.19. The Morgan fingerprint density at radius 2 is 1.97 bits per heavy atom. The SMILES string of the molecule is CC(C)(C)[Si](C)(C)OCCN(CCc1c[nH]c2ccccc12)C1CCc2cc(/C=C/C(=O)O)ccc21. The number of carboxylic acid groups (broad SMARTS) is 1. The largest absolute Gasteiger partial charge is 0.478 e. The van der Waals surface area contributed by atoms with Crippen molar-refractivity contribution in [3.8, 4) is 0 Å². The van der Waals surface area contributed by atoms with Gasteiger partial charge in [0.05, 0.1) is 0 Å². The number of para-hydroxylation sites is 1. The lowest BCUT2D eigenvalue weighted by Gasteiger charge is -2.37. The van der Waals surface area contributed by atoms with E-state index in [2.05, 4.69) is 86.3 Å². The molecular formula is C30H40N2O3Si. The number of H-pyrrole nitrogens is 1. The molecule has 0 bridgehead atoms. The molecule has 2 N–H and O–H groups in total. The van der Waals surface area contributed by atoms with Crippen molar-refractivity contribution in [3.05, 3.63) is 77.0 Å². The molecule has 0 fully saturated rings. The number of carbonyl (C=O) groups is 1. The van der Waals surface area contributed by atoms with E-state index in [1.165, 1.54) is 33.7 Å². The molecule has 5 nitrogen and oxygen atoms in total. The van der Waals surface area contributed by atoms with Crippen LogP contribution in [0.15, 0.2) is 54.7 Å². The Morgan fingerprint density at radius 3 is 2.72 bits per heavy atom. The van der Waals surface area contributed by atoms with Crippen LogP contribution in [0.3, 0.4) is 0 Å². The fourth-order valence-corrected chi connectivity index (χ4v) is 5.96. The van der Waals surface area contributed by atoms with E-state index < -0.39 is 14.3 Å². The first-order valence-corrected chi connectivity index (χ1v) is 15.9. The minimum atomic E-state index is -1.81. The molecule has 0 spiro atoms. The average molecular weight is 505 g/mol. The highest BCUT2D eigenvalue weighted by molar-refractivity contribution is 6.74. The van der Waals surface area contributed by atoms with Crippen LogP contribution in [0.2, 0.25) is 18.1 Å². The number of aryl methyl sites for hydroxylation is 1. The van der Waals surface area contributed by atoms with Gasteiger partial charge in [-0.1, -0.05) is 57.2 Å². The lowest BCUT2D eigenvalue weighted by atomic mass is 10.0. The second-order valence-corrected chi connectivity index (χ2v) is 16.2. The van der Waals surface area contributed by atoms with E-state index in [9.17, 15) is 4.79 Å². The molecule has 0 saturated carbocycles. The number of fused-ring (bicyclic) bond motifs is 2. The van der Waals surface area contributed by atoms with Crippen LogP contribution in [0.4, 0.5) is 0 Å². The van der Waals surface area contributed by atoms with Gasteiger partial charge in [-0.2, -0.15) is 0 Å². The Labute approximate surface area is 216 Å². The summed E-state index contributed by atoms with van der Waals surface area (Å²) in [6, 6.07) is 15.2. The molecule has 0 radical (unpaired) electrons. The monoisotopic (exact) mass is 504 g/mol. The molecule has 1 heterocycles. The maximum absolute atomic E-state index is 10.9. The Balaban J connectivity index is 1.52. The van der Waals surface area contributed by atoms with Crippen molar-refractivity contribution >= 4 is 31.3 Å². The molecule has 0 saturated heterocycles. The van der Waals surface area contributed by atoms with E-state index in [1.54, 1.807) is 6.08 Å². The van der Waals surface area contributed by atoms with Gasteiger partial charge in [0.1, 0.15) is 0 Å². The number of hydrogen-bond donors (Lipinski definition) is 2. The van der Waals surface area contributed by atoms with Crippen LogP contribution >= 0.6 is 0 Å². The normalized spacial score (nSPS) is 16.3. The number of benzene rings is 2.